The van der Waals surface area contributed by atoms with Gasteiger partial charge < -0.3 is 10.2 Å². The molecule has 114 valence electrons. The van der Waals surface area contributed by atoms with E-state index < -0.39 is 5.54 Å². The molecule has 0 unspecified atom stereocenters. The fraction of sp³-hybridized carbons (Fsp3) is 0.529. The van der Waals surface area contributed by atoms with Gasteiger partial charge in [0.15, 0.2) is 0 Å². The van der Waals surface area contributed by atoms with Gasteiger partial charge in [-0.15, -0.1) is 0 Å². The van der Waals surface area contributed by atoms with E-state index in [2.05, 4.69) is 26.1 Å². The lowest BCUT2D eigenvalue weighted by molar-refractivity contribution is -0.133. The van der Waals surface area contributed by atoms with Crippen LogP contribution in [0.1, 0.15) is 50.5 Å². The molecule has 2 amide bonds. The van der Waals surface area contributed by atoms with Crippen LogP contribution >= 0.6 is 0 Å². The molecule has 21 heavy (non-hydrogen) atoms. The van der Waals surface area contributed by atoms with Gasteiger partial charge in [-0.25, -0.2) is 0 Å². The van der Waals surface area contributed by atoms with E-state index in [1.807, 2.05) is 24.3 Å². The van der Waals surface area contributed by atoms with Gasteiger partial charge in [-0.05, 0) is 30.9 Å². The van der Waals surface area contributed by atoms with Crippen molar-refractivity contribution in [2.24, 2.45) is 0 Å². The largest absolute Gasteiger partial charge is 0.352 e. The number of hydrogen-bond donors (Lipinski definition) is 1. The monoisotopic (exact) mass is 288 g/mol. The quantitative estimate of drug-likeness (QED) is 0.862. The Bertz CT molecular complexity index is 570. The van der Waals surface area contributed by atoms with Crippen LogP contribution in [0.2, 0.25) is 0 Å². The second kappa shape index (κ2) is 5.17. The van der Waals surface area contributed by atoms with Crippen LogP contribution in [-0.4, -0.2) is 35.3 Å². The molecule has 1 aromatic carbocycles. The third-order valence-corrected chi connectivity index (χ3v) is 4.06. The number of nitrogens with zero attached hydrogens (tertiary/aromatic N) is 1. The highest BCUT2D eigenvalue weighted by molar-refractivity contribution is 6.00. The van der Waals surface area contributed by atoms with Gasteiger partial charge in [0.05, 0.1) is 0 Å². The van der Waals surface area contributed by atoms with Crippen molar-refractivity contribution in [3.05, 3.63) is 35.4 Å². The molecule has 4 heteroatoms. The molecule has 0 radical (unpaired) electrons. The smallest absolute Gasteiger partial charge is 0.255 e. The van der Waals surface area contributed by atoms with E-state index in [1.54, 1.807) is 18.7 Å². The normalized spacial score (nSPS) is 18.3. The van der Waals surface area contributed by atoms with Crippen LogP contribution < -0.4 is 5.32 Å². The van der Waals surface area contributed by atoms with Crippen molar-refractivity contribution in [1.29, 1.82) is 0 Å². The standard InChI is InChI=1S/C17H24N2O2/c1-16(2,3)13-9-7-6-8-12(13)14(20)19-11-10-18-15(21)17(19,4)5/h6-9H,10-11H2,1-5H3,(H,18,21). The molecule has 0 bridgehead atoms. The van der Waals surface area contributed by atoms with Crippen LogP contribution in [0.5, 0.6) is 0 Å². The molecular formula is C17H24N2O2. The van der Waals surface area contributed by atoms with Crippen molar-refractivity contribution in [1.82, 2.24) is 10.2 Å². The first-order valence-electron chi connectivity index (χ1n) is 7.35. The maximum absolute atomic E-state index is 13.0. The van der Waals surface area contributed by atoms with E-state index in [0.29, 0.717) is 18.7 Å². The molecular weight excluding hydrogens is 264 g/mol. The fourth-order valence-electron chi connectivity index (χ4n) is 2.72. The van der Waals surface area contributed by atoms with Crippen molar-refractivity contribution in [3.63, 3.8) is 0 Å². The van der Waals surface area contributed by atoms with E-state index in [1.165, 1.54) is 0 Å². The van der Waals surface area contributed by atoms with Gasteiger partial charge in [-0.1, -0.05) is 39.0 Å². The molecule has 1 aliphatic rings. The van der Waals surface area contributed by atoms with Gasteiger partial charge in [-0.2, -0.15) is 0 Å². The average molecular weight is 288 g/mol. The molecule has 1 fully saturated rings. The molecule has 1 N–H and O–H groups in total. The molecule has 2 rings (SSSR count). The van der Waals surface area contributed by atoms with Gasteiger partial charge >= 0.3 is 0 Å². The van der Waals surface area contributed by atoms with Crippen molar-refractivity contribution < 1.29 is 9.59 Å². The Kier molecular flexibility index (Phi) is 3.83. The SMILES string of the molecule is CC(C)(C)c1ccccc1C(=O)N1CCNC(=O)C1(C)C. The number of carbonyl (C=O) groups excluding carboxylic acids is 2. The molecule has 1 saturated heterocycles. The number of carbonyl (C=O) groups is 2. The molecule has 0 saturated carbocycles. The summed E-state index contributed by atoms with van der Waals surface area (Å²) >= 11 is 0. The Morgan fingerprint density at radius 2 is 1.86 bits per heavy atom. The second-order valence-corrected chi connectivity index (χ2v) is 7.07. The number of benzene rings is 1. The van der Waals surface area contributed by atoms with Crippen LogP contribution in [0.3, 0.4) is 0 Å². The highest BCUT2D eigenvalue weighted by Gasteiger charge is 2.41. The van der Waals surface area contributed by atoms with Gasteiger partial charge in [0, 0.05) is 18.7 Å². The summed E-state index contributed by atoms with van der Waals surface area (Å²) in [5.41, 5.74) is 0.763. The maximum atomic E-state index is 13.0. The predicted molar refractivity (Wildman–Crippen MR) is 83.3 cm³/mol. The minimum atomic E-state index is -0.819. The summed E-state index contributed by atoms with van der Waals surface area (Å²) in [7, 11) is 0. The van der Waals surface area contributed by atoms with Crippen molar-refractivity contribution >= 4 is 11.8 Å². The Morgan fingerprint density at radius 3 is 2.48 bits per heavy atom. The molecule has 1 aliphatic heterocycles. The number of amides is 2. The molecule has 0 spiro atoms. The molecule has 0 aromatic heterocycles. The molecule has 4 nitrogen and oxygen atoms in total. The van der Waals surface area contributed by atoms with Crippen molar-refractivity contribution in [3.8, 4) is 0 Å². The summed E-state index contributed by atoms with van der Waals surface area (Å²) < 4.78 is 0. The highest BCUT2D eigenvalue weighted by Crippen LogP contribution is 2.29. The van der Waals surface area contributed by atoms with Crippen LogP contribution in [0, 0.1) is 0 Å². The van der Waals surface area contributed by atoms with Gasteiger partial charge in [0.2, 0.25) is 5.91 Å². The van der Waals surface area contributed by atoms with E-state index in [-0.39, 0.29) is 17.2 Å². The minimum absolute atomic E-state index is 0.0691. The van der Waals surface area contributed by atoms with Crippen LogP contribution in [0.25, 0.3) is 0 Å². The first kappa shape index (κ1) is 15.5. The predicted octanol–water partition coefficient (Wildman–Crippen LogP) is 2.33. The van der Waals surface area contributed by atoms with Crippen LogP contribution in [0.15, 0.2) is 24.3 Å². The van der Waals surface area contributed by atoms with Crippen LogP contribution in [-0.2, 0) is 10.2 Å². The van der Waals surface area contributed by atoms with Crippen LogP contribution in [0.4, 0.5) is 0 Å². The zero-order valence-corrected chi connectivity index (χ0v) is 13.5. The highest BCUT2D eigenvalue weighted by atomic mass is 16.2. The number of rotatable bonds is 1. The Hall–Kier alpha value is -1.84. The zero-order valence-electron chi connectivity index (χ0n) is 13.5. The summed E-state index contributed by atoms with van der Waals surface area (Å²) in [6, 6.07) is 7.67. The van der Waals surface area contributed by atoms with E-state index in [4.69, 9.17) is 0 Å². The Balaban J connectivity index is 2.44. The Morgan fingerprint density at radius 1 is 1.24 bits per heavy atom. The van der Waals surface area contributed by atoms with Crippen molar-refractivity contribution in [2.45, 2.75) is 45.6 Å². The molecule has 0 atom stereocenters. The topological polar surface area (TPSA) is 49.4 Å². The van der Waals surface area contributed by atoms with Gasteiger partial charge in [-0.3, -0.25) is 9.59 Å². The molecule has 0 aliphatic carbocycles. The molecule has 1 aromatic rings. The summed E-state index contributed by atoms with van der Waals surface area (Å²) in [4.78, 5) is 26.7. The first-order chi connectivity index (χ1) is 9.65. The lowest BCUT2D eigenvalue weighted by atomic mass is 9.83. The molecule has 1 heterocycles. The summed E-state index contributed by atoms with van der Waals surface area (Å²) in [6.45, 7) is 10.9. The third kappa shape index (κ3) is 2.80. The summed E-state index contributed by atoms with van der Waals surface area (Å²) in [6.07, 6.45) is 0. The van der Waals surface area contributed by atoms with Gasteiger partial charge in [0.25, 0.3) is 5.91 Å². The minimum Gasteiger partial charge on any atom is -0.352 e. The van der Waals surface area contributed by atoms with E-state index in [9.17, 15) is 9.59 Å². The number of hydrogen-bond acceptors (Lipinski definition) is 2. The lowest BCUT2D eigenvalue weighted by Gasteiger charge is -2.41. The summed E-state index contributed by atoms with van der Waals surface area (Å²) in [5.74, 6) is -0.171. The van der Waals surface area contributed by atoms with Crippen molar-refractivity contribution in [2.75, 3.05) is 13.1 Å². The van der Waals surface area contributed by atoms with E-state index in [0.717, 1.165) is 5.56 Å². The maximum Gasteiger partial charge on any atom is 0.255 e. The zero-order chi connectivity index (χ0) is 15.8. The lowest BCUT2D eigenvalue weighted by Crippen LogP contribution is -2.63. The van der Waals surface area contributed by atoms with E-state index >= 15 is 0 Å². The average Bonchev–Trinajstić information content (AvgIpc) is 2.40. The third-order valence-electron chi connectivity index (χ3n) is 4.06. The first-order valence-corrected chi connectivity index (χ1v) is 7.35. The number of piperazine rings is 1. The number of nitrogens with one attached hydrogen (secondary N) is 1. The van der Waals surface area contributed by atoms with Gasteiger partial charge in [0.1, 0.15) is 5.54 Å². The second-order valence-electron chi connectivity index (χ2n) is 7.07. The Labute approximate surface area is 126 Å². The summed E-state index contributed by atoms with van der Waals surface area (Å²) in [5, 5.41) is 2.82. The fourth-order valence-corrected chi connectivity index (χ4v) is 2.72.